The molecule has 2 aromatic rings. The zero-order valence-corrected chi connectivity index (χ0v) is 16.2. The summed E-state index contributed by atoms with van der Waals surface area (Å²) in [6.07, 6.45) is 6.57. The zero-order valence-electron chi connectivity index (χ0n) is 15.4. The van der Waals surface area contributed by atoms with E-state index in [-0.39, 0.29) is 24.3 Å². The van der Waals surface area contributed by atoms with Crippen LogP contribution in [0.15, 0.2) is 17.5 Å². The van der Waals surface area contributed by atoms with E-state index < -0.39 is 0 Å². The molecular formula is C19H25N5O2S. The molecule has 1 N–H and O–H groups in total. The fourth-order valence-corrected chi connectivity index (χ4v) is 4.63. The van der Waals surface area contributed by atoms with Gasteiger partial charge >= 0.3 is 0 Å². The Labute approximate surface area is 162 Å². The van der Waals surface area contributed by atoms with Crippen molar-refractivity contribution >= 4 is 23.2 Å². The van der Waals surface area contributed by atoms with Crippen molar-refractivity contribution in [2.45, 2.75) is 51.0 Å². The highest BCUT2D eigenvalue weighted by Gasteiger charge is 2.29. The molecule has 2 aliphatic rings. The molecule has 27 heavy (non-hydrogen) atoms. The van der Waals surface area contributed by atoms with Crippen LogP contribution in [0.3, 0.4) is 0 Å². The van der Waals surface area contributed by atoms with Gasteiger partial charge in [-0.2, -0.15) is 0 Å². The number of fused-ring (bicyclic) bond motifs is 1. The van der Waals surface area contributed by atoms with Crippen molar-refractivity contribution < 1.29 is 9.59 Å². The standard InChI is InChI=1S/C19H25N5O2S/c25-17(12-20-19(26)15-7-5-11-27-15)23-9-4-6-14(13-23)18-22-21-16-8-2-1-3-10-24(16)18/h5,7,11,14H,1-4,6,8-10,12-13H2,(H,20,26). The molecule has 0 aromatic carbocycles. The molecule has 1 saturated heterocycles. The second kappa shape index (κ2) is 8.21. The average molecular weight is 388 g/mol. The topological polar surface area (TPSA) is 80.1 Å². The summed E-state index contributed by atoms with van der Waals surface area (Å²) in [5, 5.41) is 13.5. The number of hydrogen-bond acceptors (Lipinski definition) is 5. The summed E-state index contributed by atoms with van der Waals surface area (Å²) in [5.74, 6) is 2.14. The molecule has 0 spiro atoms. The smallest absolute Gasteiger partial charge is 0.261 e. The number of piperidine rings is 1. The number of hydrogen-bond donors (Lipinski definition) is 1. The van der Waals surface area contributed by atoms with Crippen LogP contribution >= 0.6 is 11.3 Å². The second-order valence-corrected chi connectivity index (χ2v) is 8.22. The molecule has 2 aromatic heterocycles. The van der Waals surface area contributed by atoms with Gasteiger partial charge in [-0.05, 0) is 37.1 Å². The van der Waals surface area contributed by atoms with Gasteiger partial charge in [0.05, 0.1) is 11.4 Å². The molecule has 2 aliphatic heterocycles. The Morgan fingerprint density at radius 1 is 1.19 bits per heavy atom. The van der Waals surface area contributed by atoms with Gasteiger partial charge in [-0.1, -0.05) is 12.5 Å². The van der Waals surface area contributed by atoms with E-state index in [4.69, 9.17) is 0 Å². The van der Waals surface area contributed by atoms with Crippen molar-refractivity contribution in [3.63, 3.8) is 0 Å². The zero-order chi connectivity index (χ0) is 18.6. The van der Waals surface area contributed by atoms with Crippen LogP contribution in [0.4, 0.5) is 0 Å². The van der Waals surface area contributed by atoms with Crippen LogP contribution in [-0.4, -0.2) is 51.1 Å². The van der Waals surface area contributed by atoms with Crippen LogP contribution in [-0.2, 0) is 17.8 Å². The van der Waals surface area contributed by atoms with Crippen LogP contribution in [0.25, 0.3) is 0 Å². The van der Waals surface area contributed by atoms with Gasteiger partial charge in [-0.3, -0.25) is 9.59 Å². The first-order valence-electron chi connectivity index (χ1n) is 9.74. The molecule has 1 atom stereocenters. The summed E-state index contributed by atoms with van der Waals surface area (Å²) in [6.45, 7) is 2.43. The summed E-state index contributed by atoms with van der Waals surface area (Å²) >= 11 is 1.38. The molecule has 1 fully saturated rings. The van der Waals surface area contributed by atoms with Gasteiger partial charge < -0.3 is 14.8 Å². The number of carbonyl (C=O) groups excluding carboxylic acids is 2. The van der Waals surface area contributed by atoms with Gasteiger partial charge in [0.25, 0.3) is 5.91 Å². The van der Waals surface area contributed by atoms with E-state index in [2.05, 4.69) is 20.1 Å². The summed E-state index contributed by atoms with van der Waals surface area (Å²) in [4.78, 5) is 27.1. The number of nitrogens with zero attached hydrogens (tertiary/aromatic N) is 4. The Kier molecular flexibility index (Phi) is 5.52. The molecule has 7 nitrogen and oxygen atoms in total. The van der Waals surface area contributed by atoms with Crippen LogP contribution in [0, 0.1) is 0 Å². The van der Waals surface area contributed by atoms with Crippen LogP contribution in [0.5, 0.6) is 0 Å². The van der Waals surface area contributed by atoms with Gasteiger partial charge in [0.1, 0.15) is 11.6 Å². The van der Waals surface area contributed by atoms with Gasteiger partial charge in [-0.15, -0.1) is 21.5 Å². The summed E-state index contributed by atoms with van der Waals surface area (Å²) in [5.41, 5.74) is 0. The lowest BCUT2D eigenvalue weighted by Crippen LogP contribution is -2.44. The number of aryl methyl sites for hydroxylation is 1. The Morgan fingerprint density at radius 2 is 2.11 bits per heavy atom. The van der Waals surface area contributed by atoms with Crippen molar-refractivity contribution in [2.75, 3.05) is 19.6 Å². The number of thiophene rings is 1. The minimum atomic E-state index is -0.185. The van der Waals surface area contributed by atoms with Crippen molar-refractivity contribution in [2.24, 2.45) is 0 Å². The molecule has 8 heteroatoms. The lowest BCUT2D eigenvalue weighted by Gasteiger charge is -2.32. The van der Waals surface area contributed by atoms with Gasteiger partial charge in [-0.25, -0.2) is 0 Å². The van der Waals surface area contributed by atoms with Crippen LogP contribution in [0.2, 0.25) is 0 Å². The van der Waals surface area contributed by atoms with E-state index in [1.54, 1.807) is 6.07 Å². The highest BCUT2D eigenvalue weighted by atomic mass is 32.1. The van der Waals surface area contributed by atoms with E-state index >= 15 is 0 Å². The highest BCUT2D eigenvalue weighted by Crippen LogP contribution is 2.28. The van der Waals surface area contributed by atoms with Gasteiger partial charge in [0.15, 0.2) is 0 Å². The molecule has 0 saturated carbocycles. The molecule has 0 bridgehead atoms. The second-order valence-electron chi connectivity index (χ2n) is 7.28. The van der Waals surface area contributed by atoms with E-state index in [1.165, 1.54) is 30.6 Å². The molecule has 2 amide bonds. The number of likely N-dealkylation sites (tertiary alicyclic amines) is 1. The first-order chi connectivity index (χ1) is 13.2. The van der Waals surface area contributed by atoms with Crippen molar-refractivity contribution in [3.8, 4) is 0 Å². The first kappa shape index (κ1) is 18.2. The Hall–Kier alpha value is -2.22. The number of nitrogens with one attached hydrogen (secondary N) is 1. The minimum Gasteiger partial charge on any atom is -0.342 e. The minimum absolute atomic E-state index is 0.0276. The predicted molar refractivity (Wildman–Crippen MR) is 103 cm³/mol. The largest absolute Gasteiger partial charge is 0.342 e. The Morgan fingerprint density at radius 3 is 2.96 bits per heavy atom. The van der Waals surface area contributed by atoms with E-state index in [0.717, 1.165) is 44.0 Å². The highest BCUT2D eigenvalue weighted by molar-refractivity contribution is 7.12. The number of aromatic nitrogens is 3. The molecular weight excluding hydrogens is 362 g/mol. The van der Waals surface area contributed by atoms with E-state index in [9.17, 15) is 9.59 Å². The quantitative estimate of drug-likeness (QED) is 0.872. The number of amides is 2. The monoisotopic (exact) mass is 387 g/mol. The third kappa shape index (κ3) is 4.05. The Balaban J connectivity index is 1.37. The lowest BCUT2D eigenvalue weighted by molar-refractivity contribution is -0.131. The molecule has 0 aliphatic carbocycles. The maximum atomic E-state index is 12.6. The first-order valence-corrected chi connectivity index (χ1v) is 10.6. The van der Waals surface area contributed by atoms with Crippen molar-refractivity contribution in [1.29, 1.82) is 0 Å². The molecule has 1 unspecified atom stereocenters. The van der Waals surface area contributed by atoms with Crippen molar-refractivity contribution in [3.05, 3.63) is 34.0 Å². The summed E-state index contributed by atoms with van der Waals surface area (Å²) < 4.78 is 2.28. The fraction of sp³-hybridized carbons (Fsp3) is 0.579. The molecule has 4 heterocycles. The SMILES string of the molecule is O=C(NCC(=O)N1CCCC(c2nnc3n2CCCCC3)C1)c1cccs1. The molecule has 4 rings (SSSR count). The van der Waals surface area contributed by atoms with Crippen LogP contribution < -0.4 is 5.32 Å². The van der Waals surface area contributed by atoms with Crippen LogP contribution in [0.1, 0.15) is 59.3 Å². The summed E-state index contributed by atoms with van der Waals surface area (Å²) in [7, 11) is 0. The summed E-state index contributed by atoms with van der Waals surface area (Å²) in [6, 6.07) is 3.59. The lowest BCUT2D eigenvalue weighted by atomic mass is 9.97. The number of carbonyl (C=O) groups is 2. The van der Waals surface area contributed by atoms with Crippen molar-refractivity contribution in [1.82, 2.24) is 25.0 Å². The average Bonchev–Trinajstić information content (AvgIpc) is 3.32. The Bertz CT molecular complexity index is 801. The van der Waals surface area contributed by atoms with Gasteiger partial charge in [0.2, 0.25) is 5.91 Å². The van der Waals surface area contributed by atoms with E-state index in [1.807, 2.05) is 16.3 Å². The maximum absolute atomic E-state index is 12.6. The molecule has 0 radical (unpaired) electrons. The van der Waals surface area contributed by atoms with Gasteiger partial charge in [0, 0.05) is 32.0 Å². The fourth-order valence-electron chi connectivity index (χ4n) is 3.99. The molecule has 144 valence electrons. The third-order valence-electron chi connectivity index (χ3n) is 5.42. The van der Waals surface area contributed by atoms with E-state index in [0.29, 0.717) is 11.4 Å². The normalized spacial score (nSPS) is 20.0. The number of rotatable bonds is 4. The third-order valence-corrected chi connectivity index (χ3v) is 6.29. The maximum Gasteiger partial charge on any atom is 0.261 e. The predicted octanol–water partition coefficient (Wildman–Crippen LogP) is 2.20.